The molecule has 1 heterocycles. The smallest absolute Gasteiger partial charge is 0.193 e. The molecule has 2 aromatic rings. The molecule has 150 valence electrons. The van der Waals surface area contributed by atoms with Gasteiger partial charge in [-0.25, -0.2) is 0 Å². The van der Waals surface area contributed by atoms with Gasteiger partial charge in [0.2, 0.25) is 0 Å². The molecule has 0 radical (unpaired) electrons. The van der Waals surface area contributed by atoms with Crippen LogP contribution in [0.3, 0.4) is 0 Å². The zero-order valence-corrected chi connectivity index (χ0v) is 16.9. The average molecular weight is 382 g/mol. The van der Waals surface area contributed by atoms with Crippen molar-refractivity contribution >= 4 is 5.96 Å². The topological polar surface area (TPSA) is 46.1 Å². The summed E-state index contributed by atoms with van der Waals surface area (Å²) in [6.07, 6.45) is 1.19. The number of ether oxygens (including phenoxy) is 2. The fourth-order valence-corrected chi connectivity index (χ4v) is 3.42. The molecule has 2 aromatic carbocycles. The molecular formula is C23H31N3O2. The number of aliphatic imine (C=N–C) groups is 1. The predicted molar refractivity (Wildman–Crippen MR) is 114 cm³/mol. The molecule has 1 aliphatic rings. The molecule has 1 saturated heterocycles. The van der Waals surface area contributed by atoms with Crippen molar-refractivity contribution in [2.45, 2.75) is 26.1 Å². The minimum atomic E-state index is 0.0618. The van der Waals surface area contributed by atoms with Crippen LogP contribution in [0.2, 0.25) is 0 Å². The molecule has 0 saturated carbocycles. The van der Waals surface area contributed by atoms with Gasteiger partial charge in [0.05, 0.1) is 19.8 Å². The lowest BCUT2D eigenvalue weighted by Crippen LogP contribution is -2.43. The molecule has 2 atom stereocenters. The van der Waals surface area contributed by atoms with Crippen molar-refractivity contribution in [1.82, 2.24) is 10.2 Å². The van der Waals surface area contributed by atoms with Crippen LogP contribution in [0, 0.1) is 5.92 Å². The third kappa shape index (κ3) is 6.27. The van der Waals surface area contributed by atoms with Gasteiger partial charge < -0.3 is 19.7 Å². The van der Waals surface area contributed by atoms with Gasteiger partial charge in [-0.15, -0.1) is 0 Å². The molecule has 28 heavy (non-hydrogen) atoms. The Morgan fingerprint density at radius 2 is 1.86 bits per heavy atom. The molecule has 1 N–H and O–H groups in total. The third-order valence-corrected chi connectivity index (χ3v) is 4.89. The highest BCUT2D eigenvalue weighted by Crippen LogP contribution is 2.17. The van der Waals surface area contributed by atoms with Crippen LogP contribution in [-0.4, -0.2) is 50.3 Å². The number of hydrogen-bond acceptors (Lipinski definition) is 3. The van der Waals surface area contributed by atoms with E-state index in [2.05, 4.69) is 34.3 Å². The first kappa shape index (κ1) is 20.2. The Hall–Kier alpha value is -2.53. The number of benzene rings is 2. The minimum absolute atomic E-state index is 0.0618. The first-order valence-corrected chi connectivity index (χ1v) is 10.0. The molecule has 5 nitrogen and oxygen atoms in total. The van der Waals surface area contributed by atoms with Gasteiger partial charge in [0, 0.05) is 26.1 Å². The van der Waals surface area contributed by atoms with Crippen LogP contribution >= 0.6 is 0 Å². The highest BCUT2D eigenvalue weighted by molar-refractivity contribution is 5.80. The number of rotatable bonds is 8. The Morgan fingerprint density at radius 3 is 2.57 bits per heavy atom. The zero-order chi connectivity index (χ0) is 19.6. The van der Waals surface area contributed by atoms with E-state index in [1.807, 2.05) is 55.6 Å². The van der Waals surface area contributed by atoms with E-state index in [9.17, 15) is 0 Å². The molecule has 0 aromatic heterocycles. The van der Waals surface area contributed by atoms with E-state index in [0.29, 0.717) is 19.1 Å². The van der Waals surface area contributed by atoms with Crippen molar-refractivity contribution in [3.05, 3.63) is 66.2 Å². The van der Waals surface area contributed by atoms with Gasteiger partial charge in [-0.2, -0.15) is 0 Å². The Bertz CT molecular complexity index is 721. The highest BCUT2D eigenvalue weighted by atomic mass is 16.5. The molecule has 0 amide bonds. The van der Waals surface area contributed by atoms with Crippen LogP contribution in [-0.2, 0) is 11.3 Å². The minimum Gasteiger partial charge on any atom is -0.489 e. The van der Waals surface area contributed by atoms with Crippen molar-refractivity contribution in [1.29, 1.82) is 0 Å². The van der Waals surface area contributed by atoms with Gasteiger partial charge in [-0.05, 0) is 31.0 Å². The number of guanidine groups is 1. The van der Waals surface area contributed by atoms with E-state index in [-0.39, 0.29) is 6.10 Å². The molecule has 0 aliphatic carbocycles. The highest BCUT2D eigenvalue weighted by Gasteiger charge is 2.25. The van der Waals surface area contributed by atoms with E-state index in [1.54, 1.807) is 0 Å². The van der Waals surface area contributed by atoms with Crippen LogP contribution in [0.1, 0.15) is 18.9 Å². The summed E-state index contributed by atoms with van der Waals surface area (Å²) in [4.78, 5) is 6.76. The fraction of sp³-hybridized carbons (Fsp3) is 0.435. The number of para-hydroxylation sites is 1. The van der Waals surface area contributed by atoms with Gasteiger partial charge in [0.1, 0.15) is 11.9 Å². The lowest BCUT2D eigenvalue weighted by atomic mass is 10.1. The van der Waals surface area contributed by atoms with E-state index in [0.717, 1.165) is 37.8 Å². The van der Waals surface area contributed by atoms with Crippen molar-refractivity contribution < 1.29 is 9.47 Å². The number of nitrogens with zero attached hydrogens (tertiary/aromatic N) is 2. The number of likely N-dealkylation sites (tertiary alicyclic amines) is 1. The lowest BCUT2D eigenvalue weighted by molar-refractivity contribution is 0.0906. The number of nitrogens with one attached hydrogen (secondary N) is 1. The second-order valence-corrected chi connectivity index (χ2v) is 7.27. The monoisotopic (exact) mass is 381 g/mol. The SMILES string of the molecule is CN=C(NCC(C)Oc1ccccc1)N1CCC(COCc2ccccc2)C1. The third-order valence-electron chi connectivity index (χ3n) is 4.89. The summed E-state index contributed by atoms with van der Waals surface area (Å²) in [5.74, 6) is 2.37. The van der Waals surface area contributed by atoms with Gasteiger partial charge in [-0.1, -0.05) is 48.5 Å². The fourth-order valence-electron chi connectivity index (χ4n) is 3.42. The van der Waals surface area contributed by atoms with Crippen LogP contribution in [0.25, 0.3) is 0 Å². The summed E-state index contributed by atoms with van der Waals surface area (Å²) in [5.41, 5.74) is 1.22. The van der Waals surface area contributed by atoms with Crippen LogP contribution in [0.4, 0.5) is 0 Å². The van der Waals surface area contributed by atoms with Gasteiger partial charge in [0.25, 0.3) is 0 Å². The Morgan fingerprint density at radius 1 is 1.14 bits per heavy atom. The van der Waals surface area contributed by atoms with Crippen molar-refractivity contribution in [2.75, 3.05) is 33.3 Å². The Balaban J connectivity index is 1.37. The quantitative estimate of drug-likeness (QED) is 0.561. The summed E-state index contributed by atoms with van der Waals surface area (Å²) in [6.45, 7) is 6.23. The molecule has 0 bridgehead atoms. The summed E-state index contributed by atoms with van der Waals surface area (Å²) >= 11 is 0. The van der Waals surface area contributed by atoms with Crippen molar-refractivity contribution in [2.24, 2.45) is 10.9 Å². The van der Waals surface area contributed by atoms with Gasteiger partial charge >= 0.3 is 0 Å². The van der Waals surface area contributed by atoms with Crippen molar-refractivity contribution in [3.8, 4) is 5.75 Å². The lowest BCUT2D eigenvalue weighted by Gasteiger charge is -2.23. The van der Waals surface area contributed by atoms with Gasteiger partial charge in [-0.3, -0.25) is 4.99 Å². The van der Waals surface area contributed by atoms with Crippen molar-refractivity contribution in [3.63, 3.8) is 0 Å². The molecule has 1 aliphatic heterocycles. The largest absolute Gasteiger partial charge is 0.489 e. The summed E-state index contributed by atoms with van der Waals surface area (Å²) in [6, 6.07) is 20.3. The molecule has 3 rings (SSSR count). The molecule has 1 fully saturated rings. The second kappa shape index (κ2) is 10.7. The standard InChI is InChI=1S/C23H31N3O2/c1-19(28-22-11-7-4-8-12-22)15-25-23(24-2)26-14-13-21(16-26)18-27-17-20-9-5-3-6-10-20/h3-12,19,21H,13-18H2,1-2H3,(H,24,25). The van der Waals surface area contributed by atoms with E-state index < -0.39 is 0 Å². The molecule has 2 unspecified atom stereocenters. The Kier molecular flexibility index (Phi) is 7.73. The normalized spacial score (nSPS) is 18.1. The average Bonchev–Trinajstić information content (AvgIpc) is 3.19. The van der Waals surface area contributed by atoms with E-state index in [1.165, 1.54) is 5.56 Å². The maximum Gasteiger partial charge on any atom is 0.193 e. The summed E-state index contributed by atoms with van der Waals surface area (Å²) in [7, 11) is 1.84. The zero-order valence-electron chi connectivity index (χ0n) is 16.9. The van der Waals surface area contributed by atoms with Crippen LogP contribution in [0.5, 0.6) is 5.75 Å². The summed E-state index contributed by atoms with van der Waals surface area (Å²) in [5, 5.41) is 3.44. The molecule has 0 spiro atoms. The molecule has 5 heteroatoms. The first-order chi connectivity index (χ1) is 13.7. The van der Waals surface area contributed by atoms with E-state index >= 15 is 0 Å². The number of hydrogen-bond donors (Lipinski definition) is 1. The predicted octanol–water partition coefficient (Wildman–Crippen LogP) is 3.57. The van der Waals surface area contributed by atoms with Crippen LogP contribution in [0.15, 0.2) is 65.7 Å². The first-order valence-electron chi connectivity index (χ1n) is 10.0. The van der Waals surface area contributed by atoms with Crippen LogP contribution < -0.4 is 10.1 Å². The van der Waals surface area contributed by atoms with Gasteiger partial charge in [0.15, 0.2) is 5.96 Å². The summed E-state index contributed by atoms with van der Waals surface area (Å²) < 4.78 is 11.9. The van der Waals surface area contributed by atoms with E-state index in [4.69, 9.17) is 9.47 Å². The Labute approximate surface area is 168 Å². The maximum atomic E-state index is 5.93. The second-order valence-electron chi connectivity index (χ2n) is 7.27. The molecular weight excluding hydrogens is 350 g/mol. The maximum absolute atomic E-state index is 5.93.